The molecule has 2 aromatic carbocycles. The number of fused-ring (bicyclic) bond motifs is 2. The molecule has 2 aliphatic rings. The third-order valence-electron chi connectivity index (χ3n) is 6.14. The van der Waals surface area contributed by atoms with Crippen LogP contribution < -0.4 is 5.32 Å². The maximum Gasteiger partial charge on any atom is 0.313 e. The summed E-state index contributed by atoms with van der Waals surface area (Å²) in [4.78, 5) is 25.9. The van der Waals surface area contributed by atoms with E-state index in [1.54, 1.807) is 0 Å². The van der Waals surface area contributed by atoms with Crippen LogP contribution in [0.3, 0.4) is 0 Å². The Balaban J connectivity index is 1.46. The van der Waals surface area contributed by atoms with E-state index in [-0.39, 0.29) is 49.7 Å². The smallest absolute Gasteiger partial charge is 0.313 e. The number of benzene rings is 2. The zero-order valence-corrected chi connectivity index (χ0v) is 18.0. The van der Waals surface area contributed by atoms with Gasteiger partial charge in [0.15, 0.2) is 0 Å². The minimum atomic E-state index is -0.920. The molecule has 1 N–H and O–H groups in total. The van der Waals surface area contributed by atoms with Gasteiger partial charge in [-0.2, -0.15) is 0 Å². The van der Waals surface area contributed by atoms with Gasteiger partial charge in [0.05, 0.1) is 12.0 Å². The van der Waals surface area contributed by atoms with Crippen LogP contribution in [-0.2, 0) is 37.0 Å². The first-order valence-corrected chi connectivity index (χ1v) is 10.8. The second kappa shape index (κ2) is 9.24. The van der Waals surface area contributed by atoms with Crippen LogP contribution >= 0.6 is 0 Å². The fourth-order valence-electron chi connectivity index (χ4n) is 4.86. The first kappa shape index (κ1) is 21.6. The molecule has 4 rings (SSSR count). The molecule has 2 aliphatic heterocycles. The van der Waals surface area contributed by atoms with E-state index < -0.39 is 11.5 Å². The molecule has 7 heteroatoms. The molecular weight excluding hydrogens is 393 g/mol. The Bertz CT molecular complexity index is 905. The normalized spacial score (nSPS) is 29.3. The first-order chi connectivity index (χ1) is 15.0. The summed E-state index contributed by atoms with van der Waals surface area (Å²) < 4.78 is 17.5. The third-order valence-corrected chi connectivity index (χ3v) is 6.14. The molecule has 2 unspecified atom stereocenters. The SMILES string of the molecule is B[C@@H]1O[C@@]2(CC(=O)OCc3ccccc3)C[C@H](C)NC1C2C(=O)OCc1ccccc1. The highest BCUT2D eigenvalue weighted by Crippen LogP contribution is 2.46. The van der Waals surface area contributed by atoms with Crippen LogP contribution in [0.1, 0.15) is 30.9 Å². The number of nitrogens with one attached hydrogen (secondary N) is 1. The Hall–Kier alpha value is -2.64. The summed E-state index contributed by atoms with van der Waals surface area (Å²) in [5.74, 6) is -1.27. The van der Waals surface area contributed by atoms with Gasteiger partial charge in [0.2, 0.25) is 0 Å². The minimum absolute atomic E-state index is 0.0256. The molecule has 0 aliphatic carbocycles. The lowest BCUT2D eigenvalue weighted by Gasteiger charge is -2.40. The average molecular weight is 421 g/mol. The predicted molar refractivity (Wildman–Crippen MR) is 118 cm³/mol. The van der Waals surface area contributed by atoms with Crippen molar-refractivity contribution in [1.82, 2.24) is 5.32 Å². The monoisotopic (exact) mass is 421 g/mol. The Morgan fingerprint density at radius 1 is 1.03 bits per heavy atom. The molecule has 0 radical (unpaired) electrons. The molecule has 6 nitrogen and oxygen atoms in total. The molecule has 0 amide bonds. The summed E-state index contributed by atoms with van der Waals surface area (Å²) in [5, 5.41) is 3.46. The van der Waals surface area contributed by atoms with Gasteiger partial charge in [0.25, 0.3) is 0 Å². The second-order valence-electron chi connectivity index (χ2n) is 8.58. The van der Waals surface area contributed by atoms with E-state index in [9.17, 15) is 9.59 Å². The van der Waals surface area contributed by atoms with Gasteiger partial charge in [-0.05, 0) is 24.5 Å². The number of carbonyl (C=O) groups is 2. The van der Waals surface area contributed by atoms with Crippen LogP contribution in [0.2, 0.25) is 0 Å². The van der Waals surface area contributed by atoms with E-state index in [0.717, 1.165) is 11.1 Å². The second-order valence-corrected chi connectivity index (χ2v) is 8.58. The molecule has 0 aromatic heterocycles. The largest absolute Gasteiger partial charge is 0.461 e. The van der Waals surface area contributed by atoms with E-state index in [0.29, 0.717) is 6.42 Å². The molecule has 0 saturated carbocycles. The number of hydrogen-bond acceptors (Lipinski definition) is 6. The van der Waals surface area contributed by atoms with Gasteiger partial charge in [0.1, 0.15) is 27.0 Å². The quantitative estimate of drug-likeness (QED) is 0.545. The van der Waals surface area contributed by atoms with Crippen LogP contribution in [0.25, 0.3) is 0 Å². The minimum Gasteiger partial charge on any atom is -0.461 e. The highest BCUT2D eigenvalue weighted by Gasteiger charge is 2.61. The van der Waals surface area contributed by atoms with Crippen LogP contribution in [0.4, 0.5) is 0 Å². The molecule has 2 aromatic rings. The van der Waals surface area contributed by atoms with Gasteiger partial charge in [-0.1, -0.05) is 60.7 Å². The summed E-state index contributed by atoms with van der Waals surface area (Å²) in [6.45, 7) is 2.44. The van der Waals surface area contributed by atoms with E-state index in [1.165, 1.54) is 0 Å². The fraction of sp³-hybridized carbons (Fsp3) is 0.417. The average Bonchev–Trinajstić information content (AvgIpc) is 2.94. The van der Waals surface area contributed by atoms with E-state index in [2.05, 4.69) is 5.32 Å². The Morgan fingerprint density at radius 2 is 1.61 bits per heavy atom. The van der Waals surface area contributed by atoms with Gasteiger partial charge >= 0.3 is 11.9 Å². The Labute approximate surface area is 183 Å². The van der Waals surface area contributed by atoms with Crippen LogP contribution in [0, 0.1) is 5.92 Å². The Morgan fingerprint density at radius 3 is 2.23 bits per heavy atom. The highest BCUT2D eigenvalue weighted by atomic mass is 16.6. The molecule has 2 bridgehead atoms. The lowest BCUT2D eigenvalue weighted by molar-refractivity contribution is -0.166. The number of ether oxygens (including phenoxy) is 3. The van der Waals surface area contributed by atoms with Gasteiger partial charge in [-0.3, -0.25) is 9.59 Å². The van der Waals surface area contributed by atoms with Gasteiger partial charge in [-0.15, -0.1) is 0 Å². The van der Waals surface area contributed by atoms with E-state index in [1.807, 2.05) is 75.4 Å². The van der Waals surface area contributed by atoms with E-state index in [4.69, 9.17) is 14.2 Å². The molecule has 2 heterocycles. The zero-order chi connectivity index (χ0) is 21.8. The number of esters is 2. The molecular formula is C24H28BNO5. The summed E-state index contributed by atoms with van der Waals surface area (Å²) in [5.41, 5.74) is 0.922. The van der Waals surface area contributed by atoms with Crippen molar-refractivity contribution < 1.29 is 23.8 Å². The van der Waals surface area contributed by atoms with Crippen molar-refractivity contribution >= 4 is 19.8 Å². The zero-order valence-electron chi connectivity index (χ0n) is 18.0. The van der Waals surface area contributed by atoms with E-state index >= 15 is 0 Å². The van der Waals surface area contributed by atoms with Crippen molar-refractivity contribution in [2.45, 2.75) is 56.7 Å². The summed E-state index contributed by atoms with van der Waals surface area (Å²) in [6, 6.07) is 18.8. The van der Waals surface area contributed by atoms with Crippen molar-refractivity contribution in [2.24, 2.45) is 5.92 Å². The maximum absolute atomic E-state index is 13.2. The van der Waals surface area contributed by atoms with Crippen molar-refractivity contribution in [2.75, 3.05) is 0 Å². The van der Waals surface area contributed by atoms with Crippen LogP contribution in [0.15, 0.2) is 60.7 Å². The molecule has 0 spiro atoms. The number of piperidine rings is 1. The number of rotatable bonds is 7. The third kappa shape index (κ3) is 4.83. The molecule has 2 saturated heterocycles. The standard InChI is InChI=1S/C24H28BNO5/c1-16-12-24(13-19(27)29-14-17-8-4-2-5-9-17)20(21(26-16)22(25)31-24)23(28)30-15-18-10-6-3-7-11-18/h2-11,16,20-22,26H,12-15,25H2,1H3/t16-,20?,21?,22+,24+/m0/s1. The summed E-state index contributed by atoms with van der Waals surface area (Å²) in [6.07, 6.45) is 0.567. The Kier molecular flexibility index (Phi) is 6.44. The maximum atomic E-state index is 13.2. The van der Waals surface area contributed by atoms with Crippen LogP contribution in [-0.4, -0.2) is 43.5 Å². The first-order valence-electron chi connectivity index (χ1n) is 10.8. The van der Waals surface area contributed by atoms with Gasteiger partial charge < -0.3 is 19.5 Å². The van der Waals surface area contributed by atoms with Gasteiger partial charge in [0, 0.05) is 18.1 Å². The number of carbonyl (C=O) groups excluding carboxylic acids is 2. The van der Waals surface area contributed by atoms with Crippen LogP contribution in [0.5, 0.6) is 0 Å². The number of hydrogen-bond donors (Lipinski definition) is 1. The molecule has 2 fully saturated rings. The lowest BCUT2D eigenvalue weighted by Crippen LogP contribution is -2.59. The topological polar surface area (TPSA) is 73.9 Å². The van der Waals surface area contributed by atoms with Gasteiger partial charge in [-0.25, -0.2) is 0 Å². The predicted octanol–water partition coefficient (Wildman–Crippen LogP) is 1.96. The van der Waals surface area contributed by atoms with Crippen molar-refractivity contribution in [3.63, 3.8) is 0 Å². The van der Waals surface area contributed by atoms with Crippen molar-refractivity contribution in [1.29, 1.82) is 0 Å². The highest BCUT2D eigenvalue weighted by molar-refractivity contribution is 6.12. The molecule has 162 valence electrons. The lowest BCUT2D eigenvalue weighted by atomic mass is 9.72. The van der Waals surface area contributed by atoms with Crippen molar-refractivity contribution in [3.05, 3.63) is 71.8 Å². The van der Waals surface area contributed by atoms with Crippen molar-refractivity contribution in [3.8, 4) is 0 Å². The molecule has 5 atom stereocenters. The summed E-state index contributed by atoms with van der Waals surface area (Å²) >= 11 is 0. The fourth-order valence-corrected chi connectivity index (χ4v) is 4.86. The summed E-state index contributed by atoms with van der Waals surface area (Å²) in [7, 11) is 1.93. The molecule has 31 heavy (non-hydrogen) atoms.